The molecule has 0 aliphatic heterocycles. The number of rotatable bonds is 4. The summed E-state index contributed by atoms with van der Waals surface area (Å²) in [5, 5.41) is 3.93. The topological polar surface area (TPSA) is 12.0 Å². The molecule has 3 aliphatic carbocycles. The van der Waals surface area contributed by atoms with E-state index in [0.29, 0.717) is 0 Å². The maximum Gasteiger partial charge on any atom is 0.00699 e. The lowest BCUT2D eigenvalue weighted by molar-refractivity contribution is 0.211. The molecule has 0 heterocycles. The molecule has 3 rings (SSSR count). The zero-order valence-corrected chi connectivity index (χ0v) is 12.2. The number of nitrogens with one attached hydrogen (secondary N) is 1. The Balaban J connectivity index is 1.41. The molecule has 0 aromatic carbocycles. The standard InChI is InChI=1S/C17H31N/c1-13-5-2-3-6-16(13)12-18-17-8-4-7-15(11-17)14-9-10-14/h13-18H,2-12H2,1H3. The number of hydrogen-bond acceptors (Lipinski definition) is 1. The highest BCUT2D eigenvalue weighted by Crippen LogP contribution is 2.44. The van der Waals surface area contributed by atoms with Gasteiger partial charge in [0.05, 0.1) is 0 Å². The summed E-state index contributed by atoms with van der Waals surface area (Å²) in [6.45, 7) is 3.78. The third-order valence-electron chi connectivity index (χ3n) is 5.96. The molecule has 3 saturated carbocycles. The van der Waals surface area contributed by atoms with Gasteiger partial charge in [0.25, 0.3) is 0 Å². The Hall–Kier alpha value is -0.0400. The van der Waals surface area contributed by atoms with E-state index in [9.17, 15) is 0 Å². The maximum atomic E-state index is 3.93. The predicted molar refractivity (Wildman–Crippen MR) is 77.6 cm³/mol. The fraction of sp³-hybridized carbons (Fsp3) is 1.00. The van der Waals surface area contributed by atoms with Crippen LogP contribution < -0.4 is 5.32 Å². The molecule has 18 heavy (non-hydrogen) atoms. The third kappa shape index (κ3) is 3.29. The number of hydrogen-bond donors (Lipinski definition) is 1. The molecule has 3 fully saturated rings. The maximum absolute atomic E-state index is 3.93. The zero-order chi connectivity index (χ0) is 12.4. The summed E-state index contributed by atoms with van der Waals surface area (Å²) in [4.78, 5) is 0. The highest BCUT2D eigenvalue weighted by atomic mass is 14.9. The van der Waals surface area contributed by atoms with Gasteiger partial charge in [0.1, 0.15) is 0 Å². The first-order valence-electron chi connectivity index (χ1n) is 8.56. The van der Waals surface area contributed by atoms with Crippen LogP contribution in [0, 0.1) is 23.7 Å². The second kappa shape index (κ2) is 5.94. The van der Waals surface area contributed by atoms with Gasteiger partial charge in [0.2, 0.25) is 0 Å². The van der Waals surface area contributed by atoms with Gasteiger partial charge in [-0.3, -0.25) is 0 Å². The van der Waals surface area contributed by atoms with Gasteiger partial charge in [-0.15, -0.1) is 0 Å². The highest BCUT2D eigenvalue weighted by Gasteiger charge is 2.34. The largest absolute Gasteiger partial charge is 0.314 e. The average Bonchev–Trinajstić information content (AvgIpc) is 3.23. The Labute approximate surface area is 113 Å². The molecule has 4 unspecified atom stereocenters. The molecule has 1 nitrogen and oxygen atoms in total. The molecule has 104 valence electrons. The van der Waals surface area contributed by atoms with Crippen LogP contribution in [-0.2, 0) is 0 Å². The Morgan fingerprint density at radius 3 is 2.44 bits per heavy atom. The second-order valence-electron chi connectivity index (χ2n) is 7.39. The Bertz CT molecular complexity index is 258. The van der Waals surface area contributed by atoms with Gasteiger partial charge in [-0.25, -0.2) is 0 Å². The van der Waals surface area contributed by atoms with E-state index >= 15 is 0 Å². The summed E-state index contributed by atoms with van der Waals surface area (Å²) in [6.07, 6.45) is 14.9. The first-order valence-corrected chi connectivity index (χ1v) is 8.56. The minimum absolute atomic E-state index is 0.860. The summed E-state index contributed by atoms with van der Waals surface area (Å²) in [6, 6.07) is 0.860. The van der Waals surface area contributed by atoms with E-state index < -0.39 is 0 Å². The average molecular weight is 249 g/mol. The van der Waals surface area contributed by atoms with Crippen molar-refractivity contribution in [2.24, 2.45) is 23.7 Å². The third-order valence-corrected chi connectivity index (χ3v) is 5.96. The van der Waals surface area contributed by atoms with Crippen LogP contribution in [0.5, 0.6) is 0 Å². The monoisotopic (exact) mass is 249 g/mol. The zero-order valence-electron chi connectivity index (χ0n) is 12.2. The predicted octanol–water partition coefficient (Wildman–Crippen LogP) is 4.37. The molecule has 0 aromatic rings. The molecule has 0 spiro atoms. The summed E-state index contributed by atoms with van der Waals surface area (Å²) in [5.74, 6) is 4.15. The Kier molecular flexibility index (Phi) is 4.28. The molecule has 3 aliphatic rings. The van der Waals surface area contributed by atoms with Crippen LogP contribution in [0.3, 0.4) is 0 Å². The molecule has 0 aromatic heterocycles. The van der Waals surface area contributed by atoms with Crippen LogP contribution in [0.4, 0.5) is 0 Å². The van der Waals surface area contributed by atoms with Crippen molar-refractivity contribution in [3.63, 3.8) is 0 Å². The van der Waals surface area contributed by atoms with E-state index in [1.807, 2.05) is 0 Å². The normalized spacial score (nSPS) is 41.8. The fourth-order valence-corrected chi connectivity index (χ4v) is 4.42. The van der Waals surface area contributed by atoms with Crippen LogP contribution in [0.2, 0.25) is 0 Å². The van der Waals surface area contributed by atoms with Crippen LogP contribution in [-0.4, -0.2) is 12.6 Å². The van der Waals surface area contributed by atoms with Gasteiger partial charge in [-0.05, 0) is 62.3 Å². The van der Waals surface area contributed by atoms with Crippen molar-refractivity contribution in [2.45, 2.75) is 77.2 Å². The summed E-state index contributed by atoms with van der Waals surface area (Å²) in [5.41, 5.74) is 0. The molecule has 0 amide bonds. The lowest BCUT2D eigenvalue weighted by atomic mass is 9.79. The van der Waals surface area contributed by atoms with Crippen molar-refractivity contribution in [1.82, 2.24) is 5.32 Å². The second-order valence-corrected chi connectivity index (χ2v) is 7.39. The summed E-state index contributed by atoms with van der Waals surface area (Å²) in [7, 11) is 0. The molecule has 0 saturated heterocycles. The van der Waals surface area contributed by atoms with Crippen LogP contribution in [0.15, 0.2) is 0 Å². The fourth-order valence-electron chi connectivity index (χ4n) is 4.42. The van der Waals surface area contributed by atoms with E-state index in [-0.39, 0.29) is 0 Å². The van der Waals surface area contributed by atoms with E-state index in [1.54, 1.807) is 0 Å². The van der Waals surface area contributed by atoms with Crippen molar-refractivity contribution >= 4 is 0 Å². The van der Waals surface area contributed by atoms with Gasteiger partial charge in [-0.1, -0.05) is 39.0 Å². The Morgan fingerprint density at radius 1 is 0.833 bits per heavy atom. The van der Waals surface area contributed by atoms with E-state index in [4.69, 9.17) is 0 Å². The first-order chi connectivity index (χ1) is 8.83. The molecule has 0 bridgehead atoms. The van der Waals surface area contributed by atoms with Crippen molar-refractivity contribution in [3.8, 4) is 0 Å². The molecule has 1 heteroatoms. The smallest absolute Gasteiger partial charge is 0.00699 e. The molecule has 1 N–H and O–H groups in total. The van der Waals surface area contributed by atoms with Crippen molar-refractivity contribution < 1.29 is 0 Å². The lowest BCUT2D eigenvalue weighted by Gasteiger charge is -2.34. The van der Waals surface area contributed by atoms with Gasteiger partial charge < -0.3 is 5.32 Å². The van der Waals surface area contributed by atoms with Crippen LogP contribution in [0.25, 0.3) is 0 Å². The minimum atomic E-state index is 0.860. The summed E-state index contributed by atoms with van der Waals surface area (Å²) < 4.78 is 0. The molecule has 0 radical (unpaired) electrons. The van der Waals surface area contributed by atoms with Crippen LogP contribution in [0.1, 0.15) is 71.1 Å². The summed E-state index contributed by atoms with van der Waals surface area (Å²) >= 11 is 0. The van der Waals surface area contributed by atoms with E-state index in [0.717, 1.165) is 29.7 Å². The lowest BCUT2D eigenvalue weighted by Crippen LogP contribution is -2.39. The first kappa shape index (κ1) is 13.0. The van der Waals surface area contributed by atoms with Gasteiger partial charge >= 0.3 is 0 Å². The highest BCUT2D eigenvalue weighted by molar-refractivity contribution is 4.88. The molecular weight excluding hydrogens is 218 g/mol. The van der Waals surface area contributed by atoms with Crippen LogP contribution >= 0.6 is 0 Å². The Morgan fingerprint density at radius 2 is 1.67 bits per heavy atom. The van der Waals surface area contributed by atoms with Crippen molar-refractivity contribution in [1.29, 1.82) is 0 Å². The van der Waals surface area contributed by atoms with E-state index in [2.05, 4.69) is 12.2 Å². The minimum Gasteiger partial charge on any atom is -0.314 e. The van der Waals surface area contributed by atoms with E-state index in [1.165, 1.54) is 70.8 Å². The van der Waals surface area contributed by atoms with Gasteiger partial charge in [0, 0.05) is 6.04 Å². The van der Waals surface area contributed by atoms with Crippen molar-refractivity contribution in [3.05, 3.63) is 0 Å². The van der Waals surface area contributed by atoms with Gasteiger partial charge in [-0.2, -0.15) is 0 Å². The molecular formula is C17H31N. The quantitative estimate of drug-likeness (QED) is 0.780. The van der Waals surface area contributed by atoms with Gasteiger partial charge in [0.15, 0.2) is 0 Å². The molecule has 4 atom stereocenters. The SMILES string of the molecule is CC1CCCCC1CNC1CCCC(C2CC2)C1. The van der Waals surface area contributed by atoms with Crippen molar-refractivity contribution in [2.75, 3.05) is 6.54 Å².